The van der Waals surface area contributed by atoms with Gasteiger partial charge in [-0.25, -0.2) is 0 Å². The Labute approximate surface area is 122 Å². The summed E-state index contributed by atoms with van der Waals surface area (Å²) in [4.78, 5) is 0. The molecule has 0 bridgehead atoms. The molecule has 1 aromatic carbocycles. The Morgan fingerprint density at radius 1 is 1.30 bits per heavy atom. The van der Waals surface area contributed by atoms with Crippen LogP contribution in [0.2, 0.25) is 0 Å². The van der Waals surface area contributed by atoms with Gasteiger partial charge in [0, 0.05) is 18.2 Å². The van der Waals surface area contributed by atoms with Crippen molar-refractivity contribution in [2.75, 3.05) is 13.7 Å². The second-order valence-corrected chi connectivity index (χ2v) is 6.13. The first kappa shape index (κ1) is 15.3. The van der Waals surface area contributed by atoms with Crippen molar-refractivity contribution < 1.29 is 9.84 Å². The van der Waals surface area contributed by atoms with Gasteiger partial charge in [-0.1, -0.05) is 37.0 Å². The van der Waals surface area contributed by atoms with Crippen molar-refractivity contribution >= 4 is 0 Å². The van der Waals surface area contributed by atoms with Crippen LogP contribution in [0.4, 0.5) is 0 Å². The highest BCUT2D eigenvalue weighted by molar-refractivity contribution is 5.38. The molecule has 1 aliphatic carbocycles. The summed E-state index contributed by atoms with van der Waals surface area (Å²) in [5, 5.41) is 14.0. The molecule has 1 aliphatic rings. The van der Waals surface area contributed by atoms with Crippen molar-refractivity contribution in [2.45, 2.75) is 57.6 Å². The fraction of sp³-hybridized carbons (Fsp3) is 0.647. The first-order valence-corrected chi connectivity index (χ1v) is 7.64. The standard InChI is InChI=1S/C17H27NO2/c1-13-7-8-16(20-3)15(11-13)14(2)18-12-17(19)9-5-4-6-10-17/h7-8,11,14,18-19H,4-6,9-10,12H2,1-3H3. The molecule has 3 heteroatoms. The van der Waals surface area contributed by atoms with Gasteiger partial charge in [0.25, 0.3) is 0 Å². The second kappa shape index (κ2) is 6.59. The first-order chi connectivity index (χ1) is 9.54. The van der Waals surface area contributed by atoms with Crippen molar-refractivity contribution in [1.82, 2.24) is 5.32 Å². The van der Waals surface area contributed by atoms with Crippen LogP contribution in [0.5, 0.6) is 5.75 Å². The third-order valence-corrected chi connectivity index (χ3v) is 4.37. The van der Waals surface area contributed by atoms with E-state index in [0.29, 0.717) is 6.54 Å². The lowest BCUT2D eigenvalue weighted by atomic mass is 9.84. The SMILES string of the molecule is COc1ccc(C)cc1C(C)NCC1(O)CCCCC1. The molecule has 1 atom stereocenters. The summed E-state index contributed by atoms with van der Waals surface area (Å²) in [7, 11) is 1.70. The Balaban J connectivity index is 2.00. The van der Waals surface area contributed by atoms with E-state index in [1.807, 2.05) is 6.07 Å². The van der Waals surface area contributed by atoms with Crippen molar-refractivity contribution in [3.05, 3.63) is 29.3 Å². The fourth-order valence-corrected chi connectivity index (χ4v) is 3.03. The van der Waals surface area contributed by atoms with E-state index < -0.39 is 5.60 Å². The van der Waals surface area contributed by atoms with Crippen LogP contribution in [0, 0.1) is 6.92 Å². The Bertz CT molecular complexity index is 439. The molecule has 1 saturated carbocycles. The quantitative estimate of drug-likeness (QED) is 0.867. The molecule has 0 aromatic heterocycles. The highest BCUT2D eigenvalue weighted by Gasteiger charge is 2.29. The van der Waals surface area contributed by atoms with Gasteiger partial charge in [0.1, 0.15) is 5.75 Å². The fourth-order valence-electron chi connectivity index (χ4n) is 3.03. The summed E-state index contributed by atoms with van der Waals surface area (Å²) < 4.78 is 5.44. The minimum absolute atomic E-state index is 0.177. The predicted octanol–water partition coefficient (Wildman–Crippen LogP) is 3.35. The van der Waals surface area contributed by atoms with Crippen LogP contribution >= 0.6 is 0 Å². The van der Waals surface area contributed by atoms with Crippen LogP contribution in [-0.2, 0) is 0 Å². The molecule has 1 fully saturated rings. The Morgan fingerprint density at radius 2 is 2.00 bits per heavy atom. The van der Waals surface area contributed by atoms with Crippen molar-refractivity contribution in [1.29, 1.82) is 0 Å². The lowest BCUT2D eigenvalue weighted by Crippen LogP contribution is -2.42. The molecule has 0 aliphatic heterocycles. The minimum atomic E-state index is -0.524. The van der Waals surface area contributed by atoms with Gasteiger partial charge in [0.2, 0.25) is 0 Å². The van der Waals surface area contributed by atoms with Gasteiger partial charge in [0.05, 0.1) is 12.7 Å². The van der Waals surface area contributed by atoms with Crippen LogP contribution in [0.25, 0.3) is 0 Å². The number of aliphatic hydroxyl groups is 1. The molecule has 0 spiro atoms. The summed E-state index contributed by atoms with van der Waals surface area (Å²) in [5.74, 6) is 0.909. The van der Waals surface area contributed by atoms with Gasteiger partial charge in [-0.2, -0.15) is 0 Å². The molecule has 1 aromatic rings. The molecule has 0 saturated heterocycles. The van der Waals surface area contributed by atoms with Crippen LogP contribution < -0.4 is 10.1 Å². The van der Waals surface area contributed by atoms with E-state index in [0.717, 1.165) is 37.0 Å². The molecule has 2 rings (SSSR count). The second-order valence-electron chi connectivity index (χ2n) is 6.13. The monoisotopic (exact) mass is 277 g/mol. The number of ether oxygens (including phenoxy) is 1. The minimum Gasteiger partial charge on any atom is -0.496 e. The van der Waals surface area contributed by atoms with Crippen LogP contribution in [0.3, 0.4) is 0 Å². The molecule has 0 heterocycles. The molecule has 3 nitrogen and oxygen atoms in total. The van der Waals surface area contributed by atoms with E-state index in [4.69, 9.17) is 4.74 Å². The van der Waals surface area contributed by atoms with Crippen LogP contribution in [0.15, 0.2) is 18.2 Å². The molecule has 20 heavy (non-hydrogen) atoms. The summed E-state index contributed by atoms with van der Waals surface area (Å²) >= 11 is 0. The van der Waals surface area contributed by atoms with Crippen molar-refractivity contribution in [2.24, 2.45) is 0 Å². The molecule has 0 radical (unpaired) electrons. The average molecular weight is 277 g/mol. The lowest BCUT2D eigenvalue weighted by molar-refractivity contribution is 0.00295. The van der Waals surface area contributed by atoms with Crippen molar-refractivity contribution in [3.63, 3.8) is 0 Å². The number of benzene rings is 1. The smallest absolute Gasteiger partial charge is 0.123 e. The summed E-state index contributed by atoms with van der Waals surface area (Å²) in [5.41, 5.74) is 1.86. The van der Waals surface area contributed by atoms with Crippen LogP contribution in [-0.4, -0.2) is 24.4 Å². The summed E-state index contributed by atoms with van der Waals surface area (Å²) in [6, 6.07) is 6.40. The molecule has 112 valence electrons. The van der Waals surface area contributed by atoms with Crippen LogP contribution in [0.1, 0.15) is 56.2 Å². The third kappa shape index (κ3) is 3.74. The Morgan fingerprint density at radius 3 is 2.65 bits per heavy atom. The Kier molecular flexibility index (Phi) is 5.06. The van der Waals surface area contributed by atoms with Gasteiger partial charge in [-0.05, 0) is 32.8 Å². The van der Waals surface area contributed by atoms with E-state index in [9.17, 15) is 5.11 Å². The summed E-state index contributed by atoms with van der Waals surface area (Å²) in [6.45, 7) is 4.87. The van der Waals surface area contributed by atoms with E-state index >= 15 is 0 Å². The predicted molar refractivity (Wildman–Crippen MR) is 82.2 cm³/mol. The zero-order chi connectivity index (χ0) is 14.6. The molecule has 1 unspecified atom stereocenters. The van der Waals surface area contributed by atoms with E-state index in [1.165, 1.54) is 12.0 Å². The highest BCUT2D eigenvalue weighted by atomic mass is 16.5. The maximum atomic E-state index is 10.6. The third-order valence-electron chi connectivity index (χ3n) is 4.37. The number of hydrogen-bond acceptors (Lipinski definition) is 3. The number of methoxy groups -OCH3 is 1. The molecule has 0 amide bonds. The first-order valence-electron chi connectivity index (χ1n) is 7.64. The largest absolute Gasteiger partial charge is 0.496 e. The highest BCUT2D eigenvalue weighted by Crippen LogP contribution is 2.30. The molecular formula is C17H27NO2. The maximum absolute atomic E-state index is 10.6. The number of nitrogens with one attached hydrogen (secondary N) is 1. The zero-order valence-electron chi connectivity index (χ0n) is 12.9. The van der Waals surface area contributed by atoms with Gasteiger partial charge in [0.15, 0.2) is 0 Å². The number of rotatable bonds is 5. The van der Waals surface area contributed by atoms with Gasteiger partial charge in [-0.3, -0.25) is 0 Å². The average Bonchev–Trinajstić information content (AvgIpc) is 2.45. The summed E-state index contributed by atoms with van der Waals surface area (Å²) in [6.07, 6.45) is 5.36. The normalized spacial score (nSPS) is 19.6. The molecule has 2 N–H and O–H groups in total. The van der Waals surface area contributed by atoms with E-state index in [2.05, 4.69) is 31.3 Å². The number of aryl methyl sites for hydroxylation is 1. The maximum Gasteiger partial charge on any atom is 0.123 e. The van der Waals surface area contributed by atoms with E-state index in [-0.39, 0.29) is 6.04 Å². The van der Waals surface area contributed by atoms with Gasteiger partial charge >= 0.3 is 0 Å². The lowest BCUT2D eigenvalue weighted by Gasteiger charge is -2.33. The van der Waals surface area contributed by atoms with Crippen molar-refractivity contribution in [3.8, 4) is 5.75 Å². The van der Waals surface area contributed by atoms with E-state index in [1.54, 1.807) is 7.11 Å². The van der Waals surface area contributed by atoms with Gasteiger partial charge < -0.3 is 15.2 Å². The molecular weight excluding hydrogens is 250 g/mol. The topological polar surface area (TPSA) is 41.5 Å². The zero-order valence-corrected chi connectivity index (χ0v) is 12.9. The Hall–Kier alpha value is -1.06. The number of hydrogen-bond donors (Lipinski definition) is 2. The van der Waals surface area contributed by atoms with Gasteiger partial charge in [-0.15, -0.1) is 0 Å².